The summed E-state index contributed by atoms with van der Waals surface area (Å²) in [6.07, 6.45) is 6.53. The van der Waals surface area contributed by atoms with Gasteiger partial charge in [-0.1, -0.05) is 105 Å². The summed E-state index contributed by atoms with van der Waals surface area (Å²) in [6, 6.07) is 35.7. The molecule has 6 heteroatoms. The molecule has 244 valence electrons. The Morgan fingerprint density at radius 2 is 1.29 bits per heavy atom. The van der Waals surface area contributed by atoms with Crippen LogP contribution < -0.4 is 18.9 Å². The van der Waals surface area contributed by atoms with E-state index in [1.165, 1.54) is 27.6 Å². The van der Waals surface area contributed by atoms with Gasteiger partial charge in [0.25, 0.3) is 0 Å². The Bertz CT molecular complexity index is 2210. The fraction of sp³-hybridized carbons (Fsp3) is 0.209. The lowest BCUT2D eigenvalue weighted by Gasteiger charge is -2.39. The Morgan fingerprint density at radius 3 is 1.92 bits per heavy atom. The van der Waals surface area contributed by atoms with Crippen LogP contribution in [0.15, 0.2) is 109 Å². The third-order valence-electron chi connectivity index (χ3n) is 10.5. The quantitative estimate of drug-likeness (QED) is 0.164. The molecule has 2 heterocycles. The maximum absolute atomic E-state index is 7.50. The Labute approximate surface area is 287 Å². The van der Waals surface area contributed by atoms with Gasteiger partial charge in [-0.05, 0) is 58.7 Å². The minimum absolute atomic E-state index is 0.118. The molecule has 0 amide bonds. The van der Waals surface area contributed by atoms with Gasteiger partial charge in [0, 0.05) is 33.1 Å². The van der Waals surface area contributed by atoms with Crippen molar-refractivity contribution in [2.45, 2.75) is 37.7 Å². The van der Waals surface area contributed by atoms with Crippen LogP contribution in [-0.4, -0.2) is 31.3 Å². The van der Waals surface area contributed by atoms with Gasteiger partial charge < -0.3 is 18.9 Å². The molecule has 1 aliphatic carbocycles. The molecule has 5 aromatic carbocycles. The van der Waals surface area contributed by atoms with E-state index >= 15 is 0 Å². The molecule has 1 aromatic heterocycles. The van der Waals surface area contributed by atoms with E-state index in [-0.39, 0.29) is 5.41 Å². The van der Waals surface area contributed by atoms with E-state index in [4.69, 9.17) is 18.9 Å². The highest BCUT2D eigenvalue weighted by Crippen LogP contribution is 2.60. The number of nitrogens with zero attached hydrogens (tertiary/aromatic N) is 2. The van der Waals surface area contributed by atoms with Crippen LogP contribution in [0.1, 0.15) is 54.5 Å². The molecule has 0 saturated carbocycles. The fourth-order valence-electron chi connectivity index (χ4n) is 8.03. The second-order valence-electron chi connectivity index (χ2n) is 12.6. The average Bonchev–Trinajstić information content (AvgIpc) is 3.48. The number of ether oxygens (including phenoxy) is 4. The van der Waals surface area contributed by atoms with Crippen molar-refractivity contribution in [3.05, 3.63) is 137 Å². The molecule has 2 aliphatic rings. The zero-order valence-electron chi connectivity index (χ0n) is 28.4. The lowest BCUT2D eigenvalue weighted by molar-refractivity contribution is 0.163. The van der Waals surface area contributed by atoms with Gasteiger partial charge in [-0.25, -0.2) is 0 Å². The van der Waals surface area contributed by atoms with E-state index < -0.39 is 5.60 Å². The molecule has 0 N–H and O–H groups in total. The van der Waals surface area contributed by atoms with Gasteiger partial charge >= 0.3 is 0 Å². The highest BCUT2D eigenvalue weighted by Gasteiger charge is 2.46. The lowest BCUT2D eigenvalue weighted by Crippen LogP contribution is -2.35. The molecule has 8 rings (SSSR count). The van der Waals surface area contributed by atoms with E-state index in [1.807, 2.05) is 24.3 Å². The molecule has 0 bridgehead atoms. The van der Waals surface area contributed by atoms with Crippen LogP contribution in [0.3, 0.4) is 0 Å². The van der Waals surface area contributed by atoms with Crippen LogP contribution in [0.4, 0.5) is 0 Å². The smallest absolute Gasteiger partial charge is 0.220 e. The second kappa shape index (κ2) is 11.8. The van der Waals surface area contributed by atoms with Crippen molar-refractivity contribution in [3.63, 3.8) is 0 Å². The predicted octanol–water partition coefficient (Wildman–Crippen LogP) is 9.76. The summed E-state index contributed by atoms with van der Waals surface area (Å²) in [5.41, 5.74) is 8.35. The van der Waals surface area contributed by atoms with E-state index in [0.717, 1.165) is 52.0 Å². The summed E-state index contributed by atoms with van der Waals surface area (Å²) in [5, 5.41) is 2.32. The molecule has 0 radical (unpaired) electrons. The Kier molecular flexibility index (Phi) is 7.40. The Hall–Kier alpha value is -5.62. The van der Waals surface area contributed by atoms with E-state index in [9.17, 15) is 0 Å². The van der Waals surface area contributed by atoms with Gasteiger partial charge in [0.15, 0.2) is 11.4 Å². The van der Waals surface area contributed by atoms with Crippen molar-refractivity contribution in [1.29, 1.82) is 0 Å². The van der Waals surface area contributed by atoms with E-state index in [2.05, 4.69) is 109 Å². The van der Waals surface area contributed by atoms with Crippen LogP contribution in [0.25, 0.3) is 39.4 Å². The van der Waals surface area contributed by atoms with E-state index in [0.29, 0.717) is 17.6 Å². The first-order chi connectivity index (χ1) is 24.0. The first-order valence-corrected chi connectivity index (χ1v) is 16.8. The molecule has 0 fully saturated rings. The molecule has 0 saturated heterocycles. The average molecular weight is 647 g/mol. The highest BCUT2D eigenvalue weighted by atomic mass is 16.5. The first kappa shape index (κ1) is 30.7. The van der Waals surface area contributed by atoms with Crippen LogP contribution in [0.2, 0.25) is 0 Å². The van der Waals surface area contributed by atoms with Gasteiger partial charge in [0.05, 0.1) is 27.4 Å². The van der Waals surface area contributed by atoms with Crippen LogP contribution in [0, 0.1) is 0 Å². The van der Waals surface area contributed by atoms with Crippen molar-refractivity contribution in [1.82, 2.24) is 9.97 Å². The third kappa shape index (κ3) is 4.54. The monoisotopic (exact) mass is 646 g/mol. The van der Waals surface area contributed by atoms with Crippen molar-refractivity contribution in [3.8, 4) is 45.8 Å². The van der Waals surface area contributed by atoms with Crippen molar-refractivity contribution in [2.24, 2.45) is 0 Å². The molecule has 1 atom stereocenters. The first-order valence-electron chi connectivity index (χ1n) is 16.8. The fourth-order valence-corrected chi connectivity index (χ4v) is 8.03. The minimum atomic E-state index is -0.922. The highest BCUT2D eigenvalue weighted by molar-refractivity contribution is 6.08. The largest absolute Gasteiger partial charge is 0.497 e. The van der Waals surface area contributed by atoms with Crippen molar-refractivity contribution < 1.29 is 18.9 Å². The van der Waals surface area contributed by atoms with Gasteiger partial charge in [-0.15, -0.1) is 0 Å². The maximum Gasteiger partial charge on any atom is 0.220 e. The van der Waals surface area contributed by atoms with Crippen LogP contribution >= 0.6 is 0 Å². The maximum atomic E-state index is 7.50. The number of hydrogen-bond acceptors (Lipinski definition) is 6. The number of aromatic nitrogens is 2. The predicted molar refractivity (Wildman–Crippen MR) is 195 cm³/mol. The number of benzene rings is 5. The summed E-state index contributed by atoms with van der Waals surface area (Å²) in [7, 11) is 4.85. The normalized spacial score (nSPS) is 16.8. The van der Waals surface area contributed by atoms with Crippen molar-refractivity contribution >= 4 is 16.8 Å². The summed E-state index contributed by atoms with van der Waals surface area (Å²) >= 11 is 0. The second-order valence-corrected chi connectivity index (χ2v) is 12.6. The molecule has 6 nitrogen and oxygen atoms in total. The zero-order chi connectivity index (χ0) is 33.8. The Balaban J connectivity index is 1.35. The molecule has 49 heavy (non-hydrogen) atoms. The third-order valence-corrected chi connectivity index (χ3v) is 10.5. The summed E-state index contributed by atoms with van der Waals surface area (Å²) in [4.78, 5) is 9.16. The molecular weight excluding hydrogens is 608 g/mol. The zero-order valence-corrected chi connectivity index (χ0v) is 28.4. The number of methoxy groups -OCH3 is 3. The Morgan fingerprint density at radius 1 is 0.673 bits per heavy atom. The summed E-state index contributed by atoms with van der Waals surface area (Å²) in [5.74, 6) is 3.08. The molecule has 0 spiro atoms. The van der Waals surface area contributed by atoms with Gasteiger partial charge in [0.2, 0.25) is 11.8 Å². The molecular formula is C43H38N2O4. The number of fused-ring (bicyclic) bond motifs is 8. The van der Waals surface area contributed by atoms with Crippen molar-refractivity contribution in [2.75, 3.05) is 21.3 Å². The van der Waals surface area contributed by atoms with Crippen LogP contribution in [0.5, 0.6) is 23.3 Å². The summed E-state index contributed by atoms with van der Waals surface area (Å²) in [6.45, 7) is 4.63. The lowest BCUT2D eigenvalue weighted by atomic mass is 9.71. The van der Waals surface area contributed by atoms with E-state index in [1.54, 1.807) is 27.4 Å². The molecule has 6 aromatic rings. The van der Waals surface area contributed by atoms with Crippen LogP contribution in [-0.2, 0) is 11.0 Å². The number of hydrogen-bond donors (Lipinski definition) is 0. The topological polar surface area (TPSA) is 62.7 Å². The van der Waals surface area contributed by atoms with Gasteiger partial charge in [-0.3, -0.25) is 0 Å². The molecule has 1 unspecified atom stereocenters. The van der Waals surface area contributed by atoms with Gasteiger partial charge in [0.1, 0.15) is 11.5 Å². The number of rotatable bonds is 8. The SMILES string of the molecule is CCC1(CC)c2ccccc2-c2c1c1c(c3ccccc23)OC(c2ccc(OC)cc2)(c2ccc(-c3nc(OC)cc(OC)n3)cc2)C=C1. The minimum Gasteiger partial charge on any atom is -0.497 e. The standard InChI is InChI=1S/C43H38N2O4/c1-6-42(7-2)35-15-11-10-14-33(35)38-31-12-8-9-13-32(31)40-34(39(38)42)24-25-43(49-40,29-20-22-30(46-3)23-21-29)28-18-16-27(17-19-28)41-44-36(47-4)26-37(45-41)48-5/h8-26H,6-7H2,1-5H3. The van der Waals surface area contributed by atoms with Gasteiger partial charge in [-0.2, -0.15) is 9.97 Å². The molecule has 1 aliphatic heterocycles. The summed E-state index contributed by atoms with van der Waals surface area (Å²) < 4.78 is 23.9.